The Morgan fingerprint density at radius 3 is 2.52 bits per heavy atom. The molecule has 0 unspecified atom stereocenters. The summed E-state index contributed by atoms with van der Waals surface area (Å²) in [6, 6.07) is 12.7. The number of amides is 1. The summed E-state index contributed by atoms with van der Waals surface area (Å²) < 4.78 is 12.0. The summed E-state index contributed by atoms with van der Waals surface area (Å²) in [6.07, 6.45) is 0. The summed E-state index contributed by atoms with van der Waals surface area (Å²) in [5.41, 5.74) is 3.51. The van der Waals surface area contributed by atoms with Gasteiger partial charge in [-0.2, -0.15) is 0 Å². The van der Waals surface area contributed by atoms with Crippen molar-refractivity contribution in [2.45, 2.75) is 6.61 Å². The Labute approximate surface area is 131 Å². The number of nitrogens with two attached hydrogens (primary N) is 1. The molecule has 2 rings (SSSR count). The monoisotopic (exact) mass is 350 g/mol. The molecular formula is C15H15BrN2O3. The van der Waals surface area contributed by atoms with Gasteiger partial charge in [0, 0.05) is 10.0 Å². The van der Waals surface area contributed by atoms with E-state index in [9.17, 15) is 4.79 Å². The van der Waals surface area contributed by atoms with Crippen molar-refractivity contribution in [3.63, 3.8) is 0 Å². The average molecular weight is 351 g/mol. The Morgan fingerprint density at radius 2 is 1.90 bits per heavy atom. The summed E-state index contributed by atoms with van der Waals surface area (Å²) in [7, 11) is 1.52. The molecule has 110 valence electrons. The smallest absolute Gasteiger partial charge is 0.265 e. The number of hydrogen-bond donors (Lipinski definition) is 2. The fourth-order valence-corrected chi connectivity index (χ4v) is 2.02. The lowest BCUT2D eigenvalue weighted by atomic mass is 10.2. The van der Waals surface area contributed by atoms with Crippen molar-refractivity contribution in [2.75, 3.05) is 7.11 Å². The lowest BCUT2D eigenvalue weighted by Gasteiger charge is -2.12. The van der Waals surface area contributed by atoms with Crippen LogP contribution in [0.25, 0.3) is 0 Å². The first-order valence-electron chi connectivity index (χ1n) is 6.20. The van der Waals surface area contributed by atoms with E-state index < -0.39 is 0 Å². The molecule has 0 heterocycles. The molecule has 0 fully saturated rings. The van der Waals surface area contributed by atoms with Crippen LogP contribution in [0.3, 0.4) is 0 Å². The lowest BCUT2D eigenvalue weighted by Crippen LogP contribution is -2.29. The molecule has 0 radical (unpaired) electrons. The van der Waals surface area contributed by atoms with E-state index in [1.165, 1.54) is 7.11 Å². The van der Waals surface area contributed by atoms with Gasteiger partial charge in [-0.25, -0.2) is 5.84 Å². The Bertz CT molecular complexity index is 629. The molecule has 5 nitrogen and oxygen atoms in total. The number of nitrogens with one attached hydrogen (secondary N) is 1. The molecule has 0 atom stereocenters. The van der Waals surface area contributed by atoms with Crippen LogP contribution in [0.5, 0.6) is 11.5 Å². The lowest BCUT2D eigenvalue weighted by molar-refractivity contribution is 0.0953. The summed E-state index contributed by atoms with van der Waals surface area (Å²) >= 11 is 3.38. The number of nitrogen functional groups attached to an aromatic ring is 1. The molecule has 3 N–H and O–H groups in total. The third-order valence-electron chi connectivity index (χ3n) is 2.86. The van der Waals surface area contributed by atoms with Gasteiger partial charge in [-0.05, 0) is 35.9 Å². The Morgan fingerprint density at radius 1 is 1.19 bits per heavy atom. The van der Waals surface area contributed by atoms with E-state index in [1.54, 1.807) is 18.2 Å². The predicted molar refractivity (Wildman–Crippen MR) is 83.1 cm³/mol. The van der Waals surface area contributed by atoms with Crippen LogP contribution in [0.15, 0.2) is 46.9 Å². The number of hydrazine groups is 1. The van der Waals surface area contributed by atoms with Crippen molar-refractivity contribution in [1.82, 2.24) is 5.43 Å². The highest BCUT2D eigenvalue weighted by Gasteiger charge is 2.10. The molecule has 0 aliphatic carbocycles. The largest absolute Gasteiger partial charge is 0.493 e. The number of benzene rings is 2. The van der Waals surface area contributed by atoms with Crippen LogP contribution in [0.1, 0.15) is 15.9 Å². The van der Waals surface area contributed by atoms with Gasteiger partial charge < -0.3 is 9.47 Å². The van der Waals surface area contributed by atoms with Gasteiger partial charge in [0.25, 0.3) is 5.91 Å². The highest BCUT2D eigenvalue weighted by molar-refractivity contribution is 9.10. The van der Waals surface area contributed by atoms with Crippen LogP contribution in [0, 0.1) is 0 Å². The standard InChI is InChI=1S/C15H15BrN2O3/c1-20-14-8-11(15(19)18-17)4-7-13(14)21-9-10-2-5-12(16)6-3-10/h2-8H,9,17H2,1H3,(H,18,19). The second kappa shape index (κ2) is 7.10. The Balaban J connectivity index is 2.12. The van der Waals surface area contributed by atoms with Crippen molar-refractivity contribution in [1.29, 1.82) is 0 Å². The first-order valence-corrected chi connectivity index (χ1v) is 6.99. The normalized spacial score (nSPS) is 10.0. The minimum atomic E-state index is -0.382. The number of halogens is 1. The maximum Gasteiger partial charge on any atom is 0.265 e. The van der Waals surface area contributed by atoms with E-state index in [-0.39, 0.29) is 5.91 Å². The number of hydrogen-bond acceptors (Lipinski definition) is 4. The van der Waals surface area contributed by atoms with Crippen molar-refractivity contribution < 1.29 is 14.3 Å². The van der Waals surface area contributed by atoms with Crippen LogP contribution >= 0.6 is 15.9 Å². The fraction of sp³-hybridized carbons (Fsp3) is 0.133. The molecule has 1 amide bonds. The zero-order valence-electron chi connectivity index (χ0n) is 11.4. The predicted octanol–water partition coefficient (Wildman–Crippen LogP) is 2.64. The van der Waals surface area contributed by atoms with Crippen LogP contribution in [-0.4, -0.2) is 13.0 Å². The summed E-state index contributed by atoms with van der Waals surface area (Å²) in [6.45, 7) is 0.409. The summed E-state index contributed by atoms with van der Waals surface area (Å²) in [5.74, 6) is 5.77. The highest BCUT2D eigenvalue weighted by atomic mass is 79.9. The maximum absolute atomic E-state index is 11.5. The molecule has 0 spiro atoms. The van der Waals surface area contributed by atoms with E-state index in [2.05, 4.69) is 21.4 Å². The molecule has 2 aromatic rings. The minimum Gasteiger partial charge on any atom is -0.493 e. The first kappa shape index (κ1) is 15.3. The van der Waals surface area contributed by atoms with Crippen molar-refractivity contribution in [3.05, 3.63) is 58.1 Å². The first-order chi connectivity index (χ1) is 10.1. The van der Waals surface area contributed by atoms with Gasteiger partial charge in [0.15, 0.2) is 11.5 Å². The second-order valence-electron chi connectivity index (χ2n) is 4.25. The SMILES string of the molecule is COc1cc(C(=O)NN)ccc1OCc1ccc(Br)cc1. The van der Waals surface area contributed by atoms with Crippen LogP contribution in [0.2, 0.25) is 0 Å². The zero-order valence-corrected chi connectivity index (χ0v) is 13.0. The third kappa shape index (κ3) is 3.96. The molecule has 21 heavy (non-hydrogen) atoms. The highest BCUT2D eigenvalue weighted by Crippen LogP contribution is 2.28. The number of ether oxygens (including phenoxy) is 2. The molecule has 0 aliphatic heterocycles. The summed E-state index contributed by atoms with van der Waals surface area (Å²) in [4.78, 5) is 11.5. The third-order valence-corrected chi connectivity index (χ3v) is 3.39. The molecule has 0 saturated carbocycles. The molecule has 6 heteroatoms. The van der Waals surface area contributed by atoms with E-state index >= 15 is 0 Å². The van der Waals surface area contributed by atoms with Gasteiger partial charge in [-0.15, -0.1) is 0 Å². The fourth-order valence-electron chi connectivity index (χ4n) is 1.75. The number of carbonyl (C=O) groups excluding carboxylic acids is 1. The van der Waals surface area contributed by atoms with Crippen LogP contribution < -0.4 is 20.7 Å². The van der Waals surface area contributed by atoms with Crippen molar-refractivity contribution in [3.8, 4) is 11.5 Å². The second-order valence-corrected chi connectivity index (χ2v) is 5.17. The summed E-state index contributed by atoms with van der Waals surface area (Å²) in [5, 5.41) is 0. The van der Waals surface area contributed by atoms with Gasteiger partial charge in [0.05, 0.1) is 7.11 Å². The Kier molecular flexibility index (Phi) is 5.19. The molecule has 2 aromatic carbocycles. The van der Waals surface area contributed by atoms with Crippen molar-refractivity contribution >= 4 is 21.8 Å². The van der Waals surface area contributed by atoms with Crippen molar-refractivity contribution in [2.24, 2.45) is 5.84 Å². The Hall–Kier alpha value is -2.05. The van der Waals surface area contributed by atoms with Crippen LogP contribution in [0.4, 0.5) is 0 Å². The molecule has 0 aromatic heterocycles. The molecule has 0 aliphatic rings. The average Bonchev–Trinajstić information content (AvgIpc) is 2.53. The zero-order chi connectivity index (χ0) is 15.2. The molecule has 0 bridgehead atoms. The van der Waals surface area contributed by atoms with Gasteiger partial charge in [-0.3, -0.25) is 10.2 Å². The number of methoxy groups -OCH3 is 1. The van der Waals surface area contributed by atoms with E-state index in [0.29, 0.717) is 23.7 Å². The topological polar surface area (TPSA) is 73.6 Å². The van der Waals surface area contributed by atoms with Crippen LogP contribution in [-0.2, 0) is 6.61 Å². The van der Waals surface area contributed by atoms with Gasteiger partial charge >= 0.3 is 0 Å². The van der Waals surface area contributed by atoms with E-state index in [1.807, 2.05) is 24.3 Å². The number of carbonyl (C=O) groups is 1. The molecular weight excluding hydrogens is 336 g/mol. The van der Waals surface area contributed by atoms with E-state index in [4.69, 9.17) is 15.3 Å². The van der Waals surface area contributed by atoms with Gasteiger partial charge in [0.2, 0.25) is 0 Å². The maximum atomic E-state index is 11.5. The molecule has 0 saturated heterocycles. The quantitative estimate of drug-likeness (QED) is 0.493. The van der Waals surface area contributed by atoms with E-state index in [0.717, 1.165) is 10.0 Å². The number of rotatable bonds is 5. The van der Waals surface area contributed by atoms with Gasteiger partial charge in [-0.1, -0.05) is 28.1 Å². The van der Waals surface area contributed by atoms with Gasteiger partial charge in [0.1, 0.15) is 6.61 Å². The minimum absolute atomic E-state index is 0.382.